The van der Waals surface area contributed by atoms with E-state index in [1.54, 1.807) is 24.8 Å². The van der Waals surface area contributed by atoms with Crippen molar-refractivity contribution in [1.82, 2.24) is 14.3 Å². The third-order valence-electron chi connectivity index (χ3n) is 6.80. The lowest BCUT2D eigenvalue weighted by atomic mass is 9.95. The fourth-order valence-corrected chi connectivity index (χ4v) is 6.02. The standard InChI is InChI=1S/C28H31F3N6O3S/c1-18(2)41(38,39)37-13-11-36(12-14-37)24-6-5-22(17-23(24)28(29,30)31)34-27-33-10-8-25(35-27)40-26-19(3)15-21(7-9-32)16-20(26)4/h5-8,10,15,17-18H,11-14,16H2,1-4H3,(H,33,34,35)/b21-7+. The molecular weight excluding hydrogens is 557 g/mol. The normalized spacial score (nSPS) is 18.0. The molecule has 1 fully saturated rings. The number of hydrogen-bond donors (Lipinski definition) is 1. The number of allylic oxidation sites excluding steroid dienone is 5. The second kappa shape index (κ2) is 11.9. The number of halogens is 3. The van der Waals surface area contributed by atoms with Crippen LogP contribution in [0.2, 0.25) is 0 Å². The maximum absolute atomic E-state index is 14.1. The topological polar surface area (TPSA) is 111 Å². The van der Waals surface area contributed by atoms with Gasteiger partial charge in [0.2, 0.25) is 21.9 Å². The van der Waals surface area contributed by atoms with E-state index in [9.17, 15) is 21.6 Å². The van der Waals surface area contributed by atoms with Crippen LogP contribution >= 0.6 is 0 Å². The molecule has 1 saturated heterocycles. The molecule has 0 bridgehead atoms. The van der Waals surface area contributed by atoms with E-state index in [0.717, 1.165) is 22.8 Å². The van der Waals surface area contributed by atoms with Crippen LogP contribution in [0.4, 0.5) is 30.5 Å². The number of nitriles is 1. The van der Waals surface area contributed by atoms with Gasteiger partial charge >= 0.3 is 6.18 Å². The highest BCUT2D eigenvalue weighted by atomic mass is 32.2. The summed E-state index contributed by atoms with van der Waals surface area (Å²) in [7, 11) is -3.48. The maximum atomic E-state index is 14.1. The lowest BCUT2D eigenvalue weighted by Gasteiger charge is -2.37. The Morgan fingerprint density at radius 1 is 1.15 bits per heavy atom. The number of hydrogen-bond acceptors (Lipinski definition) is 8. The summed E-state index contributed by atoms with van der Waals surface area (Å²) in [5.41, 5.74) is 1.86. The first kappa shape index (κ1) is 30.1. The van der Waals surface area contributed by atoms with Crippen LogP contribution in [0.1, 0.15) is 39.7 Å². The average molecular weight is 589 g/mol. The molecule has 1 N–H and O–H groups in total. The number of anilines is 3. The quantitative estimate of drug-likeness (QED) is 0.419. The molecule has 0 amide bonds. The van der Waals surface area contributed by atoms with Crippen molar-refractivity contribution >= 4 is 27.3 Å². The predicted octanol–water partition coefficient (Wildman–Crippen LogP) is 5.55. The zero-order valence-electron chi connectivity index (χ0n) is 23.2. The van der Waals surface area contributed by atoms with E-state index in [1.807, 2.05) is 26.0 Å². The number of alkyl halides is 3. The summed E-state index contributed by atoms with van der Waals surface area (Å²) in [4.78, 5) is 9.98. The summed E-state index contributed by atoms with van der Waals surface area (Å²) < 4.78 is 74.6. The van der Waals surface area contributed by atoms with Gasteiger partial charge in [0.15, 0.2) is 0 Å². The lowest BCUT2D eigenvalue weighted by molar-refractivity contribution is -0.137. The number of ether oxygens (including phenoxy) is 1. The molecule has 9 nitrogen and oxygen atoms in total. The molecule has 4 rings (SSSR count). The molecule has 0 spiro atoms. The highest BCUT2D eigenvalue weighted by Crippen LogP contribution is 2.39. The summed E-state index contributed by atoms with van der Waals surface area (Å²) in [5.74, 6) is 0.866. The molecule has 13 heteroatoms. The van der Waals surface area contributed by atoms with Gasteiger partial charge in [-0.1, -0.05) is 6.08 Å². The number of sulfonamides is 1. The lowest BCUT2D eigenvalue weighted by Crippen LogP contribution is -2.50. The number of benzene rings is 1. The minimum atomic E-state index is -4.65. The summed E-state index contributed by atoms with van der Waals surface area (Å²) in [6.07, 6.45) is 0.676. The van der Waals surface area contributed by atoms with E-state index < -0.39 is 27.0 Å². The Morgan fingerprint density at radius 2 is 1.85 bits per heavy atom. The Morgan fingerprint density at radius 3 is 2.46 bits per heavy atom. The van der Waals surface area contributed by atoms with Crippen molar-refractivity contribution in [3.8, 4) is 11.9 Å². The van der Waals surface area contributed by atoms with Crippen LogP contribution in [0, 0.1) is 11.3 Å². The largest absolute Gasteiger partial charge is 0.439 e. The molecule has 1 aliphatic heterocycles. The number of aromatic nitrogens is 2. The Labute approximate surface area is 237 Å². The zero-order valence-corrected chi connectivity index (χ0v) is 24.0. The van der Waals surface area contributed by atoms with Gasteiger partial charge in [-0.15, -0.1) is 0 Å². The summed E-state index contributed by atoms with van der Waals surface area (Å²) >= 11 is 0. The number of piperazine rings is 1. The van der Waals surface area contributed by atoms with E-state index >= 15 is 0 Å². The van der Waals surface area contributed by atoms with Crippen molar-refractivity contribution in [1.29, 1.82) is 5.26 Å². The van der Waals surface area contributed by atoms with E-state index in [-0.39, 0.29) is 49.4 Å². The van der Waals surface area contributed by atoms with E-state index in [1.165, 1.54) is 28.7 Å². The summed E-state index contributed by atoms with van der Waals surface area (Å²) in [6.45, 7) is 7.41. The van der Waals surface area contributed by atoms with Gasteiger partial charge in [-0.3, -0.25) is 0 Å². The van der Waals surface area contributed by atoms with Crippen molar-refractivity contribution < 1.29 is 26.3 Å². The zero-order chi connectivity index (χ0) is 29.9. The third kappa shape index (κ3) is 6.89. The van der Waals surface area contributed by atoms with Gasteiger partial charge in [0.25, 0.3) is 0 Å². The fraction of sp³-hybridized carbons (Fsp3) is 0.393. The summed E-state index contributed by atoms with van der Waals surface area (Å²) in [6, 6.07) is 7.43. The SMILES string of the molecule is CC1=C/C(=C\C#N)CC(C)=C1Oc1ccnc(Nc2ccc(N3CCN(S(=O)(=O)C(C)C)CC3)c(C(F)(F)F)c2)n1. The molecule has 41 heavy (non-hydrogen) atoms. The third-order valence-corrected chi connectivity index (χ3v) is 9.07. The molecule has 1 aromatic heterocycles. The van der Waals surface area contributed by atoms with Gasteiger partial charge in [-0.2, -0.15) is 27.7 Å². The maximum Gasteiger partial charge on any atom is 0.418 e. The molecular formula is C28H31F3N6O3S. The van der Waals surface area contributed by atoms with Crippen LogP contribution in [0.3, 0.4) is 0 Å². The first-order valence-corrected chi connectivity index (χ1v) is 14.5. The van der Waals surface area contributed by atoms with E-state index in [0.29, 0.717) is 12.2 Å². The fourth-order valence-electron chi connectivity index (χ4n) is 4.75. The van der Waals surface area contributed by atoms with Crippen molar-refractivity contribution in [3.63, 3.8) is 0 Å². The van der Waals surface area contributed by atoms with Gasteiger partial charge in [-0.25, -0.2) is 13.4 Å². The van der Waals surface area contributed by atoms with Crippen LogP contribution in [0.5, 0.6) is 5.88 Å². The van der Waals surface area contributed by atoms with Crippen LogP contribution < -0.4 is 15.0 Å². The van der Waals surface area contributed by atoms with Gasteiger partial charge in [-0.05, 0) is 69.0 Å². The van der Waals surface area contributed by atoms with Crippen LogP contribution in [-0.4, -0.2) is 54.1 Å². The molecule has 1 aromatic carbocycles. The summed E-state index contributed by atoms with van der Waals surface area (Å²) in [5, 5.41) is 11.2. The number of nitrogens with zero attached hydrogens (tertiary/aromatic N) is 5. The molecule has 1 aliphatic carbocycles. The minimum Gasteiger partial charge on any atom is -0.439 e. The van der Waals surface area contributed by atoms with Crippen molar-refractivity contribution in [3.05, 3.63) is 70.7 Å². The molecule has 2 heterocycles. The average Bonchev–Trinajstić information content (AvgIpc) is 2.91. The first-order valence-electron chi connectivity index (χ1n) is 13.0. The first-order chi connectivity index (χ1) is 19.3. The van der Waals surface area contributed by atoms with Gasteiger partial charge in [0.05, 0.1) is 16.9 Å². The molecule has 0 atom stereocenters. The second-order valence-corrected chi connectivity index (χ2v) is 12.6. The van der Waals surface area contributed by atoms with Crippen molar-refractivity contribution in [2.75, 3.05) is 36.4 Å². The van der Waals surface area contributed by atoms with E-state index in [2.05, 4.69) is 15.3 Å². The monoisotopic (exact) mass is 588 g/mol. The van der Waals surface area contributed by atoms with E-state index in [4.69, 9.17) is 10.00 Å². The van der Waals surface area contributed by atoms with Crippen molar-refractivity contribution in [2.45, 2.75) is 45.5 Å². The Balaban J connectivity index is 1.52. The van der Waals surface area contributed by atoms with Gasteiger partial charge < -0.3 is 15.0 Å². The number of rotatable bonds is 7. The predicted molar refractivity (Wildman–Crippen MR) is 150 cm³/mol. The van der Waals surface area contributed by atoms with Gasteiger partial charge in [0, 0.05) is 55.9 Å². The Bertz CT molecular complexity index is 1550. The smallest absolute Gasteiger partial charge is 0.418 e. The molecule has 2 aromatic rings. The number of nitrogens with one attached hydrogen (secondary N) is 1. The molecule has 218 valence electrons. The molecule has 0 saturated carbocycles. The van der Waals surface area contributed by atoms with Crippen LogP contribution in [0.15, 0.2) is 65.1 Å². The van der Waals surface area contributed by atoms with Crippen LogP contribution in [0.25, 0.3) is 0 Å². The highest BCUT2D eigenvalue weighted by Gasteiger charge is 2.37. The second-order valence-electron chi connectivity index (χ2n) is 10.1. The molecule has 2 aliphatic rings. The van der Waals surface area contributed by atoms with Gasteiger partial charge in [0.1, 0.15) is 5.76 Å². The Kier molecular flexibility index (Phi) is 8.74. The Hall–Kier alpha value is -3.89. The molecule has 0 radical (unpaired) electrons. The minimum absolute atomic E-state index is 0.0190. The molecule has 0 unspecified atom stereocenters. The highest BCUT2D eigenvalue weighted by molar-refractivity contribution is 7.89. The van der Waals surface area contributed by atoms with Crippen LogP contribution in [-0.2, 0) is 16.2 Å². The van der Waals surface area contributed by atoms with Crippen molar-refractivity contribution in [2.24, 2.45) is 0 Å².